The molecule has 1 atom stereocenters. The van der Waals surface area contributed by atoms with Crippen molar-refractivity contribution >= 4 is 41.3 Å². The number of halogens is 3. The highest BCUT2D eigenvalue weighted by molar-refractivity contribution is 6.31. The predicted molar refractivity (Wildman–Crippen MR) is 139 cm³/mol. The van der Waals surface area contributed by atoms with Crippen LogP contribution in [0.2, 0.25) is 5.02 Å². The molecule has 0 spiro atoms. The maximum atomic E-state index is 13.4. The van der Waals surface area contributed by atoms with Crippen molar-refractivity contribution in [3.05, 3.63) is 83.4 Å². The Morgan fingerprint density at radius 1 is 1.11 bits per heavy atom. The van der Waals surface area contributed by atoms with E-state index in [4.69, 9.17) is 26.2 Å². The van der Waals surface area contributed by atoms with E-state index in [9.17, 15) is 14.3 Å². The van der Waals surface area contributed by atoms with Crippen molar-refractivity contribution in [3.8, 4) is 5.75 Å². The number of hydrogen-bond acceptors (Lipinski definition) is 7. The molecule has 1 aromatic heterocycles. The van der Waals surface area contributed by atoms with Gasteiger partial charge in [-0.05, 0) is 54.6 Å². The first-order chi connectivity index (χ1) is 17.0. The summed E-state index contributed by atoms with van der Waals surface area (Å²) in [5, 5.41) is 21.9. The zero-order chi connectivity index (χ0) is 25.0. The number of pyridine rings is 1. The molecule has 1 heterocycles. The molecule has 1 unspecified atom stereocenters. The van der Waals surface area contributed by atoms with E-state index in [1.54, 1.807) is 24.5 Å². The molecule has 1 amide bonds. The van der Waals surface area contributed by atoms with Crippen LogP contribution in [-0.2, 0) is 4.74 Å². The summed E-state index contributed by atoms with van der Waals surface area (Å²) in [6.07, 6.45) is 2.36. The topological polar surface area (TPSA) is 104 Å². The average molecular weight is 540 g/mol. The Labute approximate surface area is 220 Å². The lowest BCUT2D eigenvalue weighted by molar-refractivity contribution is 0.00843. The van der Waals surface area contributed by atoms with Crippen molar-refractivity contribution in [1.29, 1.82) is 0 Å². The van der Waals surface area contributed by atoms with E-state index in [2.05, 4.69) is 10.3 Å². The molecule has 0 bridgehead atoms. The molecule has 0 radical (unpaired) electrons. The summed E-state index contributed by atoms with van der Waals surface area (Å²) >= 11 is 6.25. The van der Waals surface area contributed by atoms with Gasteiger partial charge in [0.05, 0.1) is 19.8 Å². The summed E-state index contributed by atoms with van der Waals surface area (Å²) in [5.41, 5.74) is 1.66. The van der Waals surface area contributed by atoms with Crippen molar-refractivity contribution in [2.24, 2.45) is 0 Å². The van der Waals surface area contributed by atoms with Crippen molar-refractivity contribution in [2.45, 2.75) is 6.10 Å². The molecule has 0 aliphatic heterocycles. The number of rotatable bonds is 13. The second-order valence-electron chi connectivity index (χ2n) is 7.53. The fourth-order valence-electron chi connectivity index (χ4n) is 3.16. The summed E-state index contributed by atoms with van der Waals surface area (Å²) in [7, 11) is 0. The Morgan fingerprint density at radius 3 is 2.53 bits per heavy atom. The number of nitrogens with one attached hydrogen (secondary N) is 1. The number of amides is 1. The molecule has 11 heteroatoms. The molecule has 0 fully saturated rings. The van der Waals surface area contributed by atoms with Gasteiger partial charge in [-0.3, -0.25) is 9.78 Å². The quantitative estimate of drug-likeness (QED) is 0.284. The second-order valence-corrected chi connectivity index (χ2v) is 7.97. The monoisotopic (exact) mass is 539 g/mol. The fourth-order valence-corrected chi connectivity index (χ4v) is 3.38. The summed E-state index contributed by atoms with van der Waals surface area (Å²) in [6.45, 7) is 0.568. The Balaban J connectivity index is 0.00000456. The predicted octanol–water partition coefficient (Wildman–Crippen LogP) is 3.80. The lowest BCUT2D eigenvalue weighted by Gasteiger charge is -2.23. The minimum absolute atomic E-state index is 0. The van der Waals surface area contributed by atoms with Crippen LogP contribution in [0.25, 0.3) is 0 Å². The number of hydrogen-bond donors (Lipinski definition) is 3. The highest BCUT2D eigenvalue weighted by atomic mass is 35.5. The molecule has 3 rings (SSSR count). The van der Waals surface area contributed by atoms with Gasteiger partial charge in [-0.1, -0.05) is 11.6 Å². The summed E-state index contributed by atoms with van der Waals surface area (Å²) in [5.74, 6) is -0.383. The summed E-state index contributed by atoms with van der Waals surface area (Å²) in [4.78, 5) is 18.8. The SMILES string of the molecule is Cl.O=C(c1cc(Cl)cc(OCCNc2ccncc2)c1)N(CCOCC(O)CO)c1ccc(F)cc1. The first-order valence-corrected chi connectivity index (χ1v) is 11.4. The largest absolute Gasteiger partial charge is 0.492 e. The zero-order valence-corrected chi connectivity index (χ0v) is 20.9. The van der Waals surface area contributed by atoms with Crippen LogP contribution < -0.4 is 15.0 Å². The van der Waals surface area contributed by atoms with Crippen LogP contribution in [0.3, 0.4) is 0 Å². The number of carbonyl (C=O) groups is 1. The number of anilines is 2. The molecule has 3 aromatic rings. The third-order valence-corrected chi connectivity index (χ3v) is 5.08. The first kappa shape index (κ1) is 29.3. The molecule has 0 aliphatic rings. The minimum Gasteiger partial charge on any atom is -0.492 e. The zero-order valence-electron chi connectivity index (χ0n) is 19.3. The molecule has 2 aromatic carbocycles. The Kier molecular flexibility index (Phi) is 12.4. The van der Waals surface area contributed by atoms with Crippen LogP contribution in [0, 0.1) is 5.82 Å². The van der Waals surface area contributed by atoms with Gasteiger partial charge in [0.25, 0.3) is 5.91 Å². The van der Waals surface area contributed by atoms with Crippen molar-refractivity contribution in [2.75, 3.05) is 49.7 Å². The van der Waals surface area contributed by atoms with Crippen molar-refractivity contribution in [3.63, 3.8) is 0 Å². The number of nitrogens with zero attached hydrogens (tertiary/aromatic N) is 2. The molecular formula is C25H28Cl2FN3O5. The van der Waals surface area contributed by atoms with Gasteiger partial charge in [-0.15, -0.1) is 12.4 Å². The van der Waals surface area contributed by atoms with Gasteiger partial charge in [0.2, 0.25) is 0 Å². The Morgan fingerprint density at radius 2 is 1.83 bits per heavy atom. The van der Waals surface area contributed by atoms with Crippen LogP contribution >= 0.6 is 24.0 Å². The molecule has 194 valence electrons. The number of aliphatic hydroxyl groups is 2. The highest BCUT2D eigenvalue weighted by Gasteiger charge is 2.19. The number of ether oxygens (including phenoxy) is 2. The maximum absolute atomic E-state index is 13.4. The van der Waals surface area contributed by atoms with Crippen LogP contribution in [0.15, 0.2) is 67.0 Å². The van der Waals surface area contributed by atoms with Crippen LogP contribution in [0.5, 0.6) is 5.75 Å². The number of aliphatic hydroxyl groups excluding tert-OH is 2. The normalized spacial score (nSPS) is 11.3. The first-order valence-electron chi connectivity index (χ1n) is 11.0. The summed E-state index contributed by atoms with van der Waals surface area (Å²) < 4.78 is 24.6. The van der Waals surface area contributed by atoms with Gasteiger partial charge in [-0.25, -0.2) is 4.39 Å². The van der Waals surface area contributed by atoms with Crippen LogP contribution in [-0.4, -0.2) is 66.7 Å². The number of carbonyl (C=O) groups excluding carboxylic acids is 1. The van der Waals surface area contributed by atoms with E-state index >= 15 is 0 Å². The second kappa shape index (κ2) is 15.2. The van der Waals surface area contributed by atoms with E-state index < -0.39 is 18.5 Å². The summed E-state index contributed by atoms with van der Waals surface area (Å²) in [6, 6.07) is 13.9. The maximum Gasteiger partial charge on any atom is 0.258 e. The number of aromatic nitrogens is 1. The molecular weight excluding hydrogens is 512 g/mol. The Bertz CT molecular complexity index is 1080. The standard InChI is InChI=1S/C25H27ClFN3O5.ClH/c26-19-13-18(14-24(15-19)35-11-9-29-21-5-7-28-8-6-21)25(33)30(10-12-34-17-23(32)16-31)22-3-1-20(27)2-4-22;/h1-8,13-15,23,31-32H,9-12,16-17H2,(H,28,29);1H. The molecule has 0 aliphatic carbocycles. The molecule has 36 heavy (non-hydrogen) atoms. The lowest BCUT2D eigenvalue weighted by Crippen LogP contribution is -2.35. The lowest BCUT2D eigenvalue weighted by atomic mass is 10.1. The van der Waals surface area contributed by atoms with Gasteiger partial charge in [0.1, 0.15) is 24.3 Å². The van der Waals surface area contributed by atoms with E-state index in [0.29, 0.717) is 29.6 Å². The van der Waals surface area contributed by atoms with Gasteiger partial charge in [-0.2, -0.15) is 0 Å². The molecule has 8 nitrogen and oxygen atoms in total. The molecule has 3 N–H and O–H groups in total. The smallest absolute Gasteiger partial charge is 0.258 e. The molecule has 0 saturated carbocycles. The van der Waals surface area contributed by atoms with E-state index in [1.165, 1.54) is 35.2 Å². The number of benzene rings is 2. The third kappa shape index (κ3) is 9.25. The van der Waals surface area contributed by atoms with Crippen molar-refractivity contribution in [1.82, 2.24) is 4.98 Å². The Hall–Kier alpha value is -2.95. The fraction of sp³-hybridized carbons (Fsp3) is 0.280. The van der Waals surface area contributed by atoms with E-state index in [1.807, 2.05) is 12.1 Å². The minimum atomic E-state index is -1.01. The third-order valence-electron chi connectivity index (χ3n) is 4.86. The van der Waals surface area contributed by atoms with Crippen LogP contribution in [0.1, 0.15) is 10.4 Å². The van der Waals surface area contributed by atoms with Crippen LogP contribution in [0.4, 0.5) is 15.8 Å². The van der Waals surface area contributed by atoms with Gasteiger partial charge >= 0.3 is 0 Å². The van der Waals surface area contributed by atoms with Gasteiger partial charge in [0, 0.05) is 47.4 Å². The van der Waals surface area contributed by atoms with E-state index in [-0.39, 0.29) is 43.6 Å². The highest BCUT2D eigenvalue weighted by Crippen LogP contribution is 2.24. The average Bonchev–Trinajstić information content (AvgIpc) is 2.87. The van der Waals surface area contributed by atoms with Crippen molar-refractivity contribution < 1.29 is 28.9 Å². The molecule has 0 saturated heterocycles. The van der Waals surface area contributed by atoms with E-state index in [0.717, 1.165) is 5.69 Å². The van der Waals surface area contributed by atoms with Gasteiger partial charge < -0.3 is 29.9 Å². The van der Waals surface area contributed by atoms with Gasteiger partial charge in [0.15, 0.2) is 0 Å².